The Labute approximate surface area is 187 Å². The molecule has 160 valence electrons. The standard InChI is InChI=1S/C24H27Cl2NO3/c1-23(2)8-15-20(17(28)10-23)19(13-6-12(25)7-14(26)22(13)30)21-16(27(15)5)9-24(3,4)11-18(21)29/h6-7,19,30H,8-11H2,1-5H3. The summed E-state index contributed by atoms with van der Waals surface area (Å²) in [6, 6.07) is 3.10. The van der Waals surface area contributed by atoms with Crippen LogP contribution in [0.2, 0.25) is 10.0 Å². The molecule has 1 aromatic rings. The summed E-state index contributed by atoms with van der Waals surface area (Å²) >= 11 is 12.5. The van der Waals surface area contributed by atoms with Crippen LogP contribution in [0, 0.1) is 10.8 Å². The van der Waals surface area contributed by atoms with Gasteiger partial charge in [0, 0.05) is 58.9 Å². The zero-order valence-electron chi connectivity index (χ0n) is 18.0. The molecule has 1 aromatic carbocycles. The molecule has 1 heterocycles. The van der Waals surface area contributed by atoms with Crippen molar-refractivity contribution < 1.29 is 14.7 Å². The van der Waals surface area contributed by atoms with Gasteiger partial charge in [-0.3, -0.25) is 9.59 Å². The molecule has 0 bridgehead atoms. The van der Waals surface area contributed by atoms with Gasteiger partial charge >= 0.3 is 0 Å². The average molecular weight is 448 g/mol. The summed E-state index contributed by atoms with van der Waals surface area (Å²) in [5, 5.41) is 11.3. The summed E-state index contributed by atoms with van der Waals surface area (Å²) < 4.78 is 0. The molecule has 0 radical (unpaired) electrons. The van der Waals surface area contributed by atoms with E-state index >= 15 is 0 Å². The van der Waals surface area contributed by atoms with Gasteiger partial charge in [-0.1, -0.05) is 50.9 Å². The molecule has 0 fully saturated rings. The number of hydrogen-bond acceptors (Lipinski definition) is 4. The zero-order valence-corrected chi connectivity index (χ0v) is 19.5. The lowest BCUT2D eigenvalue weighted by molar-refractivity contribution is -0.119. The molecule has 0 saturated heterocycles. The third-order valence-electron chi connectivity index (χ3n) is 6.55. The average Bonchev–Trinajstić information content (AvgIpc) is 2.58. The van der Waals surface area contributed by atoms with Crippen LogP contribution >= 0.6 is 23.2 Å². The van der Waals surface area contributed by atoms with E-state index < -0.39 is 5.92 Å². The van der Waals surface area contributed by atoms with E-state index in [0.29, 0.717) is 34.6 Å². The maximum atomic E-state index is 13.4. The van der Waals surface area contributed by atoms with Crippen LogP contribution in [0.1, 0.15) is 64.9 Å². The predicted molar refractivity (Wildman–Crippen MR) is 119 cm³/mol. The van der Waals surface area contributed by atoms with Crippen molar-refractivity contribution in [2.24, 2.45) is 10.8 Å². The normalized spacial score (nSPS) is 23.6. The number of phenolic OH excluding ortho intramolecular Hbond substituents is 1. The minimum Gasteiger partial charge on any atom is -0.506 e. The van der Waals surface area contributed by atoms with Gasteiger partial charge in [-0.2, -0.15) is 0 Å². The van der Waals surface area contributed by atoms with Gasteiger partial charge in [-0.15, -0.1) is 0 Å². The molecule has 0 saturated carbocycles. The number of hydrogen-bond donors (Lipinski definition) is 1. The van der Waals surface area contributed by atoms with Gasteiger partial charge in [-0.05, 0) is 35.8 Å². The summed E-state index contributed by atoms with van der Waals surface area (Å²) in [6.07, 6.45) is 2.24. The van der Waals surface area contributed by atoms with Gasteiger partial charge in [0.1, 0.15) is 5.75 Å². The Morgan fingerprint density at radius 1 is 0.900 bits per heavy atom. The van der Waals surface area contributed by atoms with Crippen LogP contribution in [0.5, 0.6) is 5.75 Å². The van der Waals surface area contributed by atoms with Gasteiger partial charge in [0.25, 0.3) is 0 Å². The third kappa shape index (κ3) is 3.38. The number of phenols is 1. The quantitative estimate of drug-likeness (QED) is 0.571. The predicted octanol–water partition coefficient (Wildman–Crippen LogP) is 6.01. The highest BCUT2D eigenvalue weighted by Crippen LogP contribution is 2.55. The van der Waals surface area contributed by atoms with E-state index in [1.54, 1.807) is 6.07 Å². The number of rotatable bonds is 1. The lowest BCUT2D eigenvalue weighted by Gasteiger charge is -2.48. The molecule has 30 heavy (non-hydrogen) atoms. The molecule has 4 nitrogen and oxygen atoms in total. The Hall–Kier alpha value is -1.78. The summed E-state index contributed by atoms with van der Waals surface area (Å²) in [5.74, 6) is -0.741. The van der Waals surface area contributed by atoms with Crippen molar-refractivity contribution in [3.63, 3.8) is 0 Å². The first-order chi connectivity index (χ1) is 13.8. The molecule has 0 aromatic heterocycles. The lowest BCUT2D eigenvalue weighted by Crippen LogP contribution is -2.43. The van der Waals surface area contributed by atoms with E-state index in [2.05, 4.69) is 32.6 Å². The second kappa shape index (κ2) is 6.86. The van der Waals surface area contributed by atoms with Crippen molar-refractivity contribution in [1.29, 1.82) is 0 Å². The van der Waals surface area contributed by atoms with Gasteiger partial charge in [0.15, 0.2) is 11.6 Å². The van der Waals surface area contributed by atoms with Crippen LogP contribution in [-0.4, -0.2) is 28.6 Å². The summed E-state index contributed by atoms with van der Waals surface area (Å²) in [5.41, 5.74) is 3.14. The second-order valence-electron chi connectivity index (χ2n) is 10.4. The number of Topliss-reactive ketones (excluding diaryl/α,β-unsaturated/α-hetero) is 2. The lowest BCUT2D eigenvalue weighted by atomic mass is 9.63. The molecule has 1 N–H and O–H groups in total. The van der Waals surface area contributed by atoms with Crippen LogP contribution in [0.25, 0.3) is 0 Å². The fraction of sp³-hybridized carbons (Fsp3) is 0.500. The van der Waals surface area contributed by atoms with E-state index in [9.17, 15) is 14.7 Å². The number of nitrogens with zero attached hydrogens (tertiary/aromatic N) is 1. The number of carbonyl (C=O) groups excluding carboxylic acids is 2. The Balaban J connectivity index is 2.03. The van der Waals surface area contributed by atoms with Crippen molar-refractivity contribution >= 4 is 34.8 Å². The molecule has 3 aliphatic rings. The van der Waals surface area contributed by atoms with Crippen LogP contribution < -0.4 is 0 Å². The summed E-state index contributed by atoms with van der Waals surface area (Å²) in [4.78, 5) is 28.9. The largest absolute Gasteiger partial charge is 0.506 e. The minimum absolute atomic E-state index is 0.0118. The number of aromatic hydroxyl groups is 1. The molecule has 6 heteroatoms. The van der Waals surface area contributed by atoms with E-state index in [1.165, 1.54) is 6.07 Å². The molecule has 0 amide bonds. The zero-order chi connectivity index (χ0) is 22.2. The van der Waals surface area contributed by atoms with Gasteiger partial charge < -0.3 is 10.0 Å². The van der Waals surface area contributed by atoms with Crippen molar-refractivity contribution in [3.05, 3.63) is 50.3 Å². The van der Waals surface area contributed by atoms with Gasteiger partial charge in [-0.25, -0.2) is 0 Å². The number of allylic oxidation sites excluding steroid dienone is 4. The van der Waals surface area contributed by atoms with Crippen molar-refractivity contribution in [3.8, 4) is 5.75 Å². The number of ketones is 2. The highest BCUT2D eigenvalue weighted by molar-refractivity contribution is 6.35. The molecule has 2 aliphatic carbocycles. The molecule has 0 spiro atoms. The van der Waals surface area contributed by atoms with Gasteiger partial charge in [0.05, 0.1) is 5.02 Å². The van der Waals surface area contributed by atoms with Crippen LogP contribution in [0.15, 0.2) is 34.7 Å². The molecule has 1 aliphatic heterocycles. The molecule has 0 unspecified atom stereocenters. The number of benzene rings is 1. The van der Waals surface area contributed by atoms with Crippen LogP contribution in [0.3, 0.4) is 0 Å². The number of carbonyl (C=O) groups is 2. The van der Waals surface area contributed by atoms with Crippen molar-refractivity contribution in [2.45, 2.75) is 59.3 Å². The second-order valence-corrected chi connectivity index (χ2v) is 11.3. The highest BCUT2D eigenvalue weighted by Gasteiger charge is 2.48. The van der Waals surface area contributed by atoms with Crippen molar-refractivity contribution in [2.75, 3.05) is 7.05 Å². The Bertz CT molecular complexity index is 995. The monoisotopic (exact) mass is 447 g/mol. The van der Waals surface area contributed by atoms with Crippen LogP contribution in [-0.2, 0) is 9.59 Å². The molecule has 4 rings (SSSR count). The Morgan fingerprint density at radius 3 is 1.83 bits per heavy atom. The van der Waals surface area contributed by atoms with E-state index in [-0.39, 0.29) is 33.2 Å². The van der Waals surface area contributed by atoms with E-state index in [4.69, 9.17) is 23.2 Å². The maximum absolute atomic E-state index is 13.4. The summed E-state index contributed by atoms with van der Waals surface area (Å²) in [7, 11) is 1.95. The molecule has 0 atom stereocenters. The maximum Gasteiger partial charge on any atom is 0.162 e. The fourth-order valence-corrected chi connectivity index (χ4v) is 5.79. The molecular formula is C24H27Cl2NO3. The molecular weight excluding hydrogens is 421 g/mol. The Morgan fingerprint density at radius 2 is 1.37 bits per heavy atom. The van der Waals surface area contributed by atoms with E-state index in [0.717, 1.165) is 24.2 Å². The fourth-order valence-electron chi connectivity index (χ4n) is 5.28. The van der Waals surface area contributed by atoms with E-state index in [1.807, 2.05) is 7.05 Å². The first-order valence-corrected chi connectivity index (χ1v) is 11.0. The summed E-state index contributed by atoms with van der Waals surface area (Å²) in [6.45, 7) is 8.35. The SMILES string of the molecule is CN1C2=C(C(=O)CC(C)(C)C2)C(c2cc(Cl)cc(Cl)c2O)C2=C1CC(C)(C)CC2=O. The first-order valence-electron chi connectivity index (χ1n) is 10.3. The Kier molecular flexibility index (Phi) is 4.91. The smallest absolute Gasteiger partial charge is 0.162 e. The highest BCUT2D eigenvalue weighted by atomic mass is 35.5. The van der Waals surface area contributed by atoms with Crippen molar-refractivity contribution in [1.82, 2.24) is 4.90 Å². The van der Waals surface area contributed by atoms with Gasteiger partial charge in [0.2, 0.25) is 0 Å². The number of halogens is 2. The first kappa shape index (κ1) is 21.5. The minimum atomic E-state index is -0.644. The van der Waals surface area contributed by atoms with Crippen LogP contribution in [0.4, 0.5) is 0 Å². The topological polar surface area (TPSA) is 57.6 Å². The third-order valence-corrected chi connectivity index (χ3v) is 7.05.